The van der Waals surface area contributed by atoms with Crippen LogP contribution in [0.2, 0.25) is 0 Å². The molecule has 0 amide bonds. The minimum Gasteiger partial charge on any atom is -0.491 e. The molecule has 1 aliphatic rings. The number of nitrogens with one attached hydrogen (secondary N) is 1. The van der Waals surface area contributed by atoms with Gasteiger partial charge in [0.25, 0.3) is 0 Å². The van der Waals surface area contributed by atoms with Crippen molar-refractivity contribution in [2.75, 3.05) is 26.3 Å². The lowest BCUT2D eigenvalue weighted by Crippen LogP contribution is -2.41. The second kappa shape index (κ2) is 10.8. The highest BCUT2D eigenvalue weighted by Gasteiger charge is 2.14. The number of carboxylic acid groups (broad SMARTS) is 2. The summed E-state index contributed by atoms with van der Waals surface area (Å²) in [5, 5.41) is 18.1. The maximum atomic E-state index is 9.10. The molecule has 1 atom stereocenters. The van der Waals surface area contributed by atoms with Crippen molar-refractivity contribution < 1.29 is 34.0 Å². The van der Waals surface area contributed by atoms with Crippen molar-refractivity contribution in [3.8, 4) is 17.2 Å². The summed E-state index contributed by atoms with van der Waals surface area (Å²) in [6.07, 6.45) is 0.109. The molecule has 0 aliphatic carbocycles. The Labute approximate surface area is 156 Å². The number of para-hydroxylation sites is 1. The Kier molecular flexibility index (Phi) is 8.08. The van der Waals surface area contributed by atoms with Gasteiger partial charge in [-0.05, 0) is 24.3 Å². The molecule has 0 bridgehead atoms. The highest BCUT2D eigenvalue weighted by atomic mass is 16.5. The zero-order valence-electron chi connectivity index (χ0n) is 14.5. The van der Waals surface area contributed by atoms with Crippen molar-refractivity contribution in [1.82, 2.24) is 5.32 Å². The van der Waals surface area contributed by atoms with E-state index in [0.717, 1.165) is 36.9 Å². The summed E-state index contributed by atoms with van der Waals surface area (Å²) in [4.78, 5) is 18.2. The molecule has 8 heteroatoms. The van der Waals surface area contributed by atoms with Gasteiger partial charge in [-0.15, -0.1) is 0 Å². The Morgan fingerprint density at radius 1 is 1.00 bits per heavy atom. The third kappa shape index (κ3) is 7.76. The van der Waals surface area contributed by atoms with Gasteiger partial charge in [-0.3, -0.25) is 0 Å². The fourth-order valence-electron chi connectivity index (χ4n) is 2.17. The lowest BCUT2D eigenvalue weighted by molar-refractivity contribution is -0.159. The van der Waals surface area contributed by atoms with Crippen LogP contribution in [0.4, 0.5) is 0 Å². The Hall–Kier alpha value is -3.10. The SMILES string of the molecule is O=C(O)C(=O)O.c1ccc(Oc2cccc(OCC3CNCCO3)c2)cc1. The number of ether oxygens (including phenoxy) is 3. The summed E-state index contributed by atoms with van der Waals surface area (Å²) in [6, 6.07) is 17.4. The van der Waals surface area contributed by atoms with E-state index in [1.165, 1.54) is 0 Å². The molecule has 1 heterocycles. The number of hydrogen-bond acceptors (Lipinski definition) is 6. The molecule has 0 aromatic heterocycles. The van der Waals surface area contributed by atoms with Gasteiger partial charge in [-0.2, -0.15) is 0 Å². The molecule has 1 unspecified atom stereocenters. The van der Waals surface area contributed by atoms with Gasteiger partial charge in [0.05, 0.1) is 6.61 Å². The summed E-state index contributed by atoms with van der Waals surface area (Å²) in [5.74, 6) is -1.28. The van der Waals surface area contributed by atoms with Crippen LogP contribution in [-0.4, -0.2) is 54.6 Å². The molecule has 0 spiro atoms. The van der Waals surface area contributed by atoms with Crippen LogP contribution in [0.15, 0.2) is 54.6 Å². The fraction of sp³-hybridized carbons (Fsp3) is 0.263. The number of morpholine rings is 1. The van der Waals surface area contributed by atoms with E-state index in [2.05, 4.69) is 5.32 Å². The van der Waals surface area contributed by atoms with Gasteiger partial charge in [0.2, 0.25) is 0 Å². The van der Waals surface area contributed by atoms with E-state index in [1.54, 1.807) is 0 Å². The summed E-state index contributed by atoms with van der Waals surface area (Å²) in [7, 11) is 0. The first-order chi connectivity index (χ1) is 13.0. The van der Waals surface area contributed by atoms with Crippen LogP contribution < -0.4 is 14.8 Å². The van der Waals surface area contributed by atoms with Gasteiger partial charge in [0, 0.05) is 19.2 Å². The second-order valence-corrected chi connectivity index (χ2v) is 5.51. The van der Waals surface area contributed by atoms with E-state index < -0.39 is 11.9 Å². The highest BCUT2D eigenvalue weighted by Crippen LogP contribution is 2.25. The van der Waals surface area contributed by atoms with Crippen molar-refractivity contribution in [2.24, 2.45) is 0 Å². The monoisotopic (exact) mass is 375 g/mol. The van der Waals surface area contributed by atoms with Crippen molar-refractivity contribution in [1.29, 1.82) is 0 Å². The molecular weight excluding hydrogens is 354 g/mol. The predicted octanol–water partition coefficient (Wildman–Crippen LogP) is 2.00. The van der Waals surface area contributed by atoms with Gasteiger partial charge in [0.1, 0.15) is 30.0 Å². The average Bonchev–Trinajstić information content (AvgIpc) is 2.69. The molecule has 1 saturated heterocycles. The molecule has 3 N–H and O–H groups in total. The molecule has 0 radical (unpaired) electrons. The van der Waals surface area contributed by atoms with Crippen LogP contribution in [0.5, 0.6) is 17.2 Å². The predicted molar refractivity (Wildman–Crippen MR) is 96.3 cm³/mol. The number of hydrogen-bond donors (Lipinski definition) is 3. The average molecular weight is 375 g/mol. The van der Waals surface area contributed by atoms with Crippen molar-refractivity contribution in [3.63, 3.8) is 0 Å². The van der Waals surface area contributed by atoms with E-state index >= 15 is 0 Å². The third-order valence-electron chi connectivity index (χ3n) is 3.41. The summed E-state index contributed by atoms with van der Waals surface area (Å²) in [6.45, 7) is 3.03. The van der Waals surface area contributed by atoms with E-state index in [0.29, 0.717) is 6.61 Å². The Morgan fingerprint density at radius 3 is 2.30 bits per heavy atom. The molecule has 3 rings (SSSR count). The number of rotatable bonds is 5. The van der Waals surface area contributed by atoms with Gasteiger partial charge < -0.3 is 29.7 Å². The van der Waals surface area contributed by atoms with Gasteiger partial charge >= 0.3 is 11.9 Å². The number of aliphatic carboxylic acids is 2. The van der Waals surface area contributed by atoms with Gasteiger partial charge in [-0.1, -0.05) is 24.3 Å². The number of benzene rings is 2. The van der Waals surface area contributed by atoms with Crippen molar-refractivity contribution in [2.45, 2.75) is 6.10 Å². The fourth-order valence-corrected chi connectivity index (χ4v) is 2.17. The smallest absolute Gasteiger partial charge is 0.414 e. The molecule has 2 aromatic rings. The molecule has 0 saturated carbocycles. The summed E-state index contributed by atoms with van der Waals surface area (Å²) in [5.41, 5.74) is 0. The minimum atomic E-state index is -1.82. The lowest BCUT2D eigenvalue weighted by atomic mass is 10.3. The Morgan fingerprint density at radius 2 is 1.67 bits per heavy atom. The zero-order valence-corrected chi connectivity index (χ0v) is 14.5. The van der Waals surface area contributed by atoms with Crippen molar-refractivity contribution >= 4 is 11.9 Å². The second-order valence-electron chi connectivity index (χ2n) is 5.51. The first-order valence-electron chi connectivity index (χ1n) is 8.29. The largest absolute Gasteiger partial charge is 0.491 e. The van der Waals surface area contributed by atoms with E-state index in [9.17, 15) is 0 Å². The number of carbonyl (C=O) groups is 2. The minimum absolute atomic E-state index is 0.109. The van der Waals surface area contributed by atoms with Crippen LogP contribution in [0.1, 0.15) is 0 Å². The number of carboxylic acids is 2. The first kappa shape index (κ1) is 20.2. The summed E-state index contributed by atoms with van der Waals surface area (Å²) >= 11 is 0. The van der Waals surface area contributed by atoms with Crippen LogP contribution in [-0.2, 0) is 14.3 Å². The van der Waals surface area contributed by atoms with E-state index in [1.807, 2.05) is 54.6 Å². The van der Waals surface area contributed by atoms with Crippen LogP contribution in [0.25, 0.3) is 0 Å². The molecule has 1 fully saturated rings. The van der Waals surface area contributed by atoms with Crippen LogP contribution >= 0.6 is 0 Å². The molecule has 1 aliphatic heterocycles. The molecule has 27 heavy (non-hydrogen) atoms. The standard InChI is InChI=1S/C17H19NO3.C2H2O4/c1-2-5-14(6-3-1)21-16-8-4-7-15(11-16)20-13-17-12-18-9-10-19-17;3-1(4)2(5)6/h1-8,11,17-18H,9-10,12-13H2;(H,3,4)(H,5,6). The van der Waals surface area contributed by atoms with Crippen molar-refractivity contribution in [3.05, 3.63) is 54.6 Å². The molecule has 144 valence electrons. The Balaban J connectivity index is 0.000000380. The Bertz CT molecular complexity index is 718. The quantitative estimate of drug-likeness (QED) is 0.680. The zero-order chi connectivity index (χ0) is 19.5. The third-order valence-corrected chi connectivity index (χ3v) is 3.41. The van der Waals surface area contributed by atoms with Crippen LogP contribution in [0, 0.1) is 0 Å². The lowest BCUT2D eigenvalue weighted by Gasteiger charge is -2.23. The first-order valence-corrected chi connectivity index (χ1v) is 8.29. The van der Waals surface area contributed by atoms with E-state index in [-0.39, 0.29) is 6.10 Å². The summed E-state index contributed by atoms with van der Waals surface area (Å²) < 4.78 is 17.2. The maximum Gasteiger partial charge on any atom is 0.414 e. The molecule has 2 aromatic carbocycles. The van der Waals surface area contributed by atoms with Gasteiger partial charge in [0.15, 0.2) is 0 Å². The molecular formula is C19H21NO7. The molecule has 8 nitrogen and oxygen atoms in total. The van der Waals surface area contributed by atoms with Gasteiger partial charge in [-0.25, -0.2) is 9.59 Å². The maximum absolute atomic E-state index is 9.10. The van der Waals surface area contributed by atoms with Crippen LogP contribution in [0.3, 0.4) is 0 Å². The topological polar surface area (TPSA) is 114 Å². The normalized spacial score (nSPS) is 15.8. The van der Waals surface area contributed by atoms with E-state index in [4.69, 9.17) is 34.0 Å². The highest BCUT2D eigenvalue weighted by molar-refractivity contribution is 6.27.